The smallest absolute Gasteiger partial charge is 0.123 e. The molecule has 0 N–H and O–H groups in total. The molecule has 0 atom stereocenters. The van der Waals surface area contributed by atoms with Crippen LogP contribution in [0.2, 0.25) is 0 Å². The predicted molar refractivity (Wildman–Crippen MR) is 111 cm³/mol. The molecule has 0 saturated carbocycles. The van der Waals surface area contributed by atoms with Crippen molar-refractivity contribution in [3.8, 4) is 16.9 Å². The first-order valence-corrected chi connectivity index (χ1v) is 9.44. The average Bonchev–Trinajstić information content (AvgIpc) is 3.18. The van der Waals surface area contributed by atoms with Gasteiger partial charge in [-0.05, 0) is 55.9 Å². The van der Waals surface area contributed by atoms with Crippen molar-refractivity contribution in [3.05, 3.63) is 95.7 Å². The maximum absolute atomic E-state index is 13.1. The lowest BCUT2D eigenvalue weighted by Crippen LogP contribution is -2.16. The summed E-state index contributed by atoms with van der Waals surface area (Å²) in [4.78, 5) is 2.23. The van der Waals surface area contributed by atoms with Crippen LogP contribution in [-0.2, 0) is 13.1 Å². The Balaban J connectivity index is 1.38. The molecule has 0 fully saturated rings. The molecule has 6 heteroatoms. The zero-order valence-corrected chi connectivity index (χ0v) is 16.5. The number of benzene rings is 2. The lowest BCUT2D eigenvalue weighted by molar-refractivity contribution is 0.319. The summed E-state index contributed by atoms with van der Waals surface area (Å²) in [6.07, 6.45) is 3.82. The van der Waals surface area contributed by atoms with Crippen molar-refractivity contribution in [1.82, 2.24) is 24.9 Å². The summed E-state index contributed by atoms with van der Waals surface area (Å²) in [5, 5.41) is 12.7. The van der Waals surface area contributed by atoms with Crippen LogP contribution in [-0.4, -0.2) is 31.9 Å². The summed E-state index contributed by atoms with van der Waals surface area (Å²) in [5.74, 6) is -0.249. The van der Waals surface area contributed by atoms with E-state index in [1.54, 1.807) is 16.8 Å². The molecule has 5 nitrogen and oxygen atoms in total. The number of nitrogens with zero attached hydrogens (tertiary/aromatic N) is 5. The maximum atomic E-state index is 13.1. The van der Waals surface area contributed by atoms with Crippen LogP contribution in [0, 0.1) is 12.7 Å². The molecular weight excluding hydrogens is 365 g/mol. The Hall–Kier alpha value is -3.38. The number of hydrogen-bond acceptors (Lipinski definition) is 4. The molecule has 4 rings (SSSR count). The number of rotatable bonds is 6. The molecule has 146 valence electrons. The van der Waals surface area contributed by atoms with Crippen molar-refractivity contribution >= 4 is 0 Å². The summed E-state index contributed by atoms with van der Waals surface area (Å²) >= 11 is 0. The van der Waals surface area contributed by atoms with E-state index >= 15 is 0 Å². The highest BCUT2D eigenvalue weighted by Gasteiger charge is 2.07. The van der Waals surface area contributed by atoms with E-state index < -0.39 is 0 Å². The van der Waals surface area contributed by atoms with Crippen LogP contribution >= 0.6 is 0 Å². The van der Waals surface area contributed by atoms with Gasteiger partial charge in [-0.1, -0.05) is 24.3 Å². The third kappa shape index (κ3) is 4.73. The zero-order valence-electron chi connectivity index (χ0n) is 16.5. The van der Waals surface area contributed by atoms with Gasteiger partial charge in [-0.15, -0.1) is 0 Å². The second-order valence-electron chi connectivity index (χ2n) is 7.20. The third-order valence-corrected chi connectivity index (χ3v) is 4.68. The number of halogens is 1. The second kappa shape index (κ2) is 8.32. The van der Waals surface area contributed by atoms with Crippen molar-refractivity contribution < 1.29 is 4.39 Å². The molecule has 2 aromatic carbocycles. The topological polar surface area (TPSA) is 46.8 Å². The van der Waals surface area contributed by atoms with E-state index in [9.17, 15) is 4.39 Å². The van der Waals surface area contributed by atoms with Crippen LogP contribution in [0.25, 0.3) is 16.9 Å². The summed E-state index contributed by atoms with van der Waals surface area (Å²) < 4.78 is 14.8. The second-order valence-corrected chi connectivity index (χ2v) is 7.20. The van der Waals surface area contributed by atoms with Crippen molar-refractivity contribution in [2.45, 2.75) is 20.0 Å². The van der Waals surface area contributed by atoms with Crippen LogP contribution in [0.15, 0.2) is 73.1 Å². The lowest BCUT2D eigenvalue weighted by atomic mass is 10.1. The third-order valence-electron chi connectivity index (χ3n) is 4.68. The van der Waals surface area contributed by atoms with Gasteiger partial charge in [0.1, 0.15) is 5.82 Å². The molecular formula is C23H22FN5. The Morgan fingerprint density at radius 2 is 1.59 bits per heavy atom. The van der Waals surface area contributed by atoms with E-state index in [1.807, 2.05) is 31.5 Å². The fourth-order valence-corrected chi connectivity index (χ4v) is 3.19. The predicted octanol–water partition coefficient (Wildman–Crippen LogP) is 4.41. The Labute approximate surface area is 169 Å². The summed E-state index contributed by atoms with van der Waals surface area (Å²) in [6.45, 7) is 3.52. The number of hydrogen-bond donors (Lipinski definition) is 0. The monoisotopic (exact) mass is 387 g/mol. The standard InChI is InChI=1S/C23H22FN5/c1-17-3-12-23(27-26-17)20-6-4-18(5-7-20)14-28(2)15-19-13-25-29(16-19)22-10-8-21(24)9-11-22/h3-13,16H,14-15H2,1-2H3. The van der Waals surface area contributed by atoms with E-state index in [0.717, 1.165) is 41.3 Å². The minimum atomic E-state index is -0.249. The van der Waals surface area contributed by atoms with Gasteiger partial charge >= 0.3 is 0 Å². The Bertz CT molecular complexity index is 1070. The van der Waals surface area contributed by atoms with Crippen molar-refractivity contribution in [3.63, 3.8) is 0 Å². The van der Waals surface area contributed by atoms with Gasteiger partial charge in [0.2, 0.25) is 0 Å². The molecule has 0 aliphatic rings. The minimum Gasteiger partial charge on any atom is -0.298 e. The van der Waals surface area contributed by atoms with Gasteiger partial charge in [-0.3, -0.25) is 4.90 Å². The van der Waals surface area contributed by atoms with Gasteiger partial charge in [0, 0.05) is 30.4 Å². The molecule has 0 radical (unpaired) electrons. The fourth-order valence-electron chi connectivity index (χ4n) is 3.19. The van der Waals surface area contributed by atoms with Crippen LogP contribution in [0.1, 0.15) is 16.8 Å². The van der Waals surface area contributed by atoms with Crippen molar-refractivity contribution in [1.29, 1.82) is 0 Å². The van der Waals surface area contributed by atoms with Crippen LogP contribution < -0.4 is 0 Å². The first-order chi connectivity index (χ1) is 14.1. The maximum Gasteiger partial charge on any atom is 0.123 e. The van der Waals surface area contributed by atoms with E-state index in [2.05, 4.69) is 51.5 Å². The molecule has 0 saturated heterocycles. The van der Waals surface area contributed by atoms with Crippen LogP contribution in [0.5, 0.6) is 0 Å². The SMILES string of the molecule is Cc1ccc(-c2ccc(CN(C)Cc3cnn(-c4ccc(F)cc4)c3)cc2)nn1. The molecule has 2 heterocycles. The molecule has 0 spiro atoms. The highest BCUT2D eigenvalue weighted by atomic mass is 19.1. The first-order valence-electron chi connectivity index (χ1n) is 9.44. The number of aromatic nitrogens is 4. The van der Waals surface area contributed by atoms with Crippen LogP contribution in [0.4, 0.5) is 4.39 Å². The fraction of sp³-hybridized carbons (Fsp3) is 0.174. The lowest BCUT2D eigenvalue weighted by Gasteiger charge is -2.16. The van der Waals surface area contributed by atoms with E-state index in [0.29, 0.717) is 0 Å². The van der Waals surface area contributed by atoms with Gasteiger partial charge in [-0.25, -0.2) is 9.07 Å². The molecule has 29 heavy (non-hydrogen) atoms. The summed E-state index contributed by atoms with van der Waals surface area (Å²) in [6, 6.07) is 18.7. The van der Waals surface area contributed by atoms with E-state index in [4.69, 9.17) is 0 Å². The zero-order chi connectivity index (χ0) is 20.2. The van der Waals surface area contributed by atoms with Crippen LogP contribution in [0.3, 0.4) is 0 Å². The normalized spacial score (nSPS) is 11.2. The first kappa shape index (κ1) is 19.0. The van der Waals surface area contributed by atoms with Crippen molar-refractivity contribution in [2.75, 3.05) is 7.05 Å². The molecule has 4 aromatic rings. The van der Waals surface area contributed by atoms with Crippen molar-refractivity contribution in [2.24, 2.45) is 0 Å². The highest BCUT2D eigenvalue weighted by Crippen LogP contribution is 2.18. The quantitative estimate of drug-likeness (QED) is 0.492. The van der Waals surface area contributed by atoms with Gasteiger partial charge in [0.05, 0.1) is 23.3 Å². The molecule has 0 bridgehead atoms. The Morgan fingerprint density at radius 3 is 2.28 bits per heavy atom. The van der Waals surface area contributed by atoms with E-state index in [-0.39, 0.29) is 5.82 Å². The molecule has 0 unspecified atom stereocenters. The number of aryl methyl sites for hydroxylation is 1. The summed E-state index contributed by atoms with van der Waals surface area (Å²) in [5.41, 5.74) is 6.02. The Morgan fingerprint density at radius 1 is 0.862 bits per heavy atom. The van der Waals surface area contributed by atoms with E-state index in [1.165, 1.54) is 17.7 Å². The average molecular weight is 387 g/mol. The summed E-state index contributed by atoms with van der Waals surface area (Å²) in [7, 11) is 2.08. The largest absolute Gasteiger partial charge is 0.298 e. The van der Waals surface area contributed by atoms with Gasteiger partial charge in [0.15, 0.2) is 0 Å². The molecule has 0 aliphatic heterocycles. The molecule has 0 aliphatic carbocycles. The van der Waals surface area contributed by atoms with Gasteiger partial charge in [-0.2, -0.15) is 15.3 Å². The molecule has 2 aromatic heterocycles. The van der Waals surface area contributed by atoms with Gasteiger partial charge < -0.3 is 0 Å². The van der Waals surface area contributed by atoms with Gasteiger partial charge in [0.25, 0.3) is 0 Å². The minimum absolute atomic E-state index is 0.249. The molecule has 0 amide bonds. The highest BCUT2D eigenvalue weighted by molar-refractivity contribution is 5.58. The Kier molecular flexibility index (Phi) is 5.44.